The number of rotatable bonds is 5. The summed E-state index contributed by atoms with van der Waals surface area (Å²) in [5.74, 6) is 2.51. The van der Waals surface area contributed by atoms with Crippen molar-refractivity contribution in [2.75, 3.05) is 24.2 Å². The van der Waals surface area contributed by atoms with Crippen LogP contribution in [0.2, 0.25) is 0 Å². The second kappa shape index (κ2) is 6.52. The second-order valence-electron chi connectivity index (χ2n) is 6.00. The lowest BCUT2D eigenvalue weighted by atomic mass is 9.96. The predicted molar refractivity (Wildman–Crippen MR) is 86.7 cm³/mol. The molecule has 2 rings (SSSR count). The van der Waals surface area contributed by atoms with E-state index in [1.807, 2.05) is 25.4 Å². The van der Waals surface area contributed by atoms with Gasteiger partial charge in [0.2, 0.25) is 0 Å². The Morgan fingerprint density at radius 2 is 1.90 bits per heavy atom. The molecule has 0 aromatic carbocycles. The van der Waals surface area contributed by atoms with Crippen molar-refractivity contribution >= 4 is 11.6 Å². The van der Waals surface area contributed by atoms with Gasteiger partial charge in [0.05, 0.1) is 0 Å². The van der Waals surface area contributed by atoms with Gasteiger partial charge in [0.25, 0.3) is 0 Å². The van der Waals surface area contributed by atoms with Crippen molar-refractivity contribution < 1.29 is 0 Å². The van der Waals surface area contributed by atoms with Crippen LogP contribution in [0.15, 0.2) is 30.6 Å². The first-order valence-corrected chi connectivity index (χ1v) is 7.19. The first-order valence-electron chi connectivity index (χ1n) is 7.19. The molecule has 0 spiro atoms. The molecule has 0 atom stereocenters. The van der Waals surface area contributed by atoms with Crippen LogP contribution >= 0.6 is 0 Å². The summed E-state index contributed by atoms with van der Waals surface area (Å²) < 4.78 is 0. The molecule has 5 nitrogen and oxygen atoms in total. The summed E-state index contributed by atoms with van der Waals surface area (Å²) in [5, 5.41) is 6.45. The van der Waals surface area contributed by atoms with E-state index in [1.165, 1.54) is 5.56 Å². The van der Waals surface area contributed by atoms with Gasteiger partial charge < -0.3 is 10.6 Å². The molecule has 0 amide bonds. The molecule has 0 bridgehead atoms. The smallest absolute Gasteiger partial charge is 0.138 e. The topological polar surface area (TPSA) is 62.7 Å². The quantitative estimate of drug-likeness (QED) is 0.884. The van der Waals surface area contributed by atoms with E-state index in [0.717, 1.165) is 30.4 Å². The maximum Gasteiger partial charge on any atom is 0.138 e. The molecule has 2 aromatic heterocycles. The Balaban J connectivity index is 2.05. The molecular formula is C16H23N5. The fraction of sp³-hybridized carbons (Fsp3) is 0.438. The second-order valence-corrected chi connectivity index (χ2v) is 6.00. The molecule has 2 heterocycles. The van der Waals surface area contributed by atoms with Crippen molar-refractivity contribution in [1.29, 1.82) is 0 Å². The van der Waals surface area contributed by atoms with Crippen LogP contribution in [0, 0.1) is 0 Å². The molecule has 0 aliphatic carbocycles. The Morgan fingerprint density at radius 1 is 1.14 bits per heavy atom. The highest BCUT2D eigenvalue weighted by molar-refractivity contribution is 5.47. The summed E-state index contributed by atoms with van der Waals surface area (Å²) in [6.07, 6.45) is 4.59. The first kappa shape index (κ1) is 15.2. The van der Waals surface area contributed by atoms with Gasteiger partial charge in [0, 0.05) is 37.5 Å². The SMILES string of the molecule is CNc1cc(NCCc2cccnc2)nc(C(C)(C)C)n1. The van der Waals surface area contributed by atoms with Gasteiger partial charge in [0.15, 0.2) is 0 Å². The number of hydrogen-bond donors (Lipinski definition) is 2. The number of nitrogens with zero attached hydrogens (tertiary/aromatic N) is 3. The molecule has 5 heteroatoms. The summed E-state index contributed by atoms with van der Waals surface area (Å²) in [6, 6.07) is 5.96. The Hall–Kier alpha value is -2.17. The van der Waals surface area contributed by atoms with Crippen LogP contribution in [0.25, 0.3) is 0 Å². The highest BCUT2D eigenvalue weighted by Crippen LogP contribution is 2.22. The van der Waals surface area contributed by atoms with E-state index in [4.69, 9.17) is 0 Å². The Bertz CT molecular complexity index is 575. The summed E-state index contributed by atoms with van der Waals surface area (Å²) in [5.41, 5.74) is 1.14. The zero-order valence-corrected chi connectivity index (χ0v) is 13.1. The first-order chi connectivity index (χ1) is 9.99. The summed E-state index contributed by atoms with van der Waals surface area (Å²) in [7, 11) is 1.87. The van der Waals surface area contributed by atoms with E-state index in [-0.39, 0.29) is 5.41 Å². The van der Waals surface area contributed by atoms with Crippen LogP contribution in [-0.2, 0) is 11.8 Å². The number of pyridine rings is 1. The molecule has 0 unspecified atom stereocenters. The van der Waals surface area contributed by atoms with Crippen LogP contribution in [0.3, 0.4) is 0 Å². The van der Waals surface area contributed by atoms with Crippen molar-refractivity contribution in [3.8, 4) is 0 Å². The van der Waals surface area contributed by atoms with Crippen LogP contribution < -0.4 is 10.6 Å². The maximum atomic E-state index is 4.61. The van der Waals surface area contributed by atoms with Crippen molar-refractivity contribution in [3.63, 3.8) is 0 Å². The lowest BCUT2D eigenvalue weighted by Crippen LogP contribution is -2.18. The molecular weight excluding hydrogens is 262 g/mol. The van der Waals surface area contributed by atoms with Crippen molar-refractivity contribution in [2.45, 2.75) is 32.6 Å². The monoisotopic (exact) mass is 285 g/mol. The van der Waals surface area contributed by atoms with Crippen LogP contribution in [0.4, 0.5) is 11.6 Å². The number of hydrogen-bond acceptors (Lipinski definition) is 5. The third kappa shape index (κ3) is 4.41. The lowest BCUT2D eigenvalue weighted by Gasteiger charge is -2.18. The molecule has 0 saturated heterocycles. The van der Waals surface area contributed by atoms with Gasteiger partial charge in [-0.3, -0.25) is 4.98 Å². The van der Waals surface area contributed by atoms with E-state index in [2.05, 4.69) is 52.4 Å². The Kier molecular flexibility index (Phi) is 4.73. The minimum atomic E-state index is -0.0767. The van der Waals surface area contributed by atoms with E-state index in [1.54, 1.807) is 6.20 Å². The number of aromatic nitrogens is 3. The predicted octanol–water partition coefficient (Wildman–Crippen LogP) is 2.87. The standard InChI is InChI=1S/C16H23N5/c1-16(2,3)15-20-13(17-4)10-14(21-15)19-9-7-12-6-5-8-18-11-12/h5-6,8,10-11H,7,9H2,1-4H3,(H2,17,19,20,21). The minimum absolute atomic E-state index is 0.0767. The van der Waals surface area contributed by atoms with Crippen LogP contribution in [-0.4, -0.2) is 28.5 Å². The van der Waals surface area contributed by atoms with Crippen LogP contribution in [0.5, 0.6) is 0 Å². The van der Waals surface area contributed by atoms with Crippen LogP contribution in [0.1, 0.15) is 32.2 Å². The van der Waals surface area contributed by atoms with E-state index >= 15 is 0 Å². The maximum absolute atomic E-state index is 4.61. The van der Waals surface area contributed by atoms with Gasteiger partial charge in [-0.05, 0) is 18.1 Å². The van der Waals surface area contributed by atoms with Gasteiger partial charge in [-0.2, -0.15) is 0 Å². The lowest BCUT2D eigenvalue weighted by molar-refractivity contribution is 0.546. The van der Waals surface area contributed by atoms with E-state index in [0.29, 0.717) is 0 Å². The van der Waals surface area contributed by atoms with Gasteiger partial charge in [-0.15, -0.1) is 0 Å². The molecule has 2 aromatic rings. The number of nitrogens with one attached hydrogen (secondary N) is 2. The largest absolute Gasteiger partial charge is 0.373 e. The summed E-state index contributed by atoms with van der Waals surface area (Å²) in [6.45, 7) is 7.15. The zero-order chi connectivity index (χ0) is 15.3. The third-order valence-corrected chi connectivity index (χ3v) is 3.10. The van der Waals surface area contributed by atoms with Gasteiger partial charge >= 0.3 is 0 Å². The van der Waals surface area contributed by atoms with Crippen molar-refractivity contribution in [2.24, 2.45) is 0 Å². The molecule has 0 aliphatic heterocycles. The summed E-state index contributed by atoms with van der Waals surface area (Å²) in [4.78, 5) is 13.2. The normalized spacial score (nSPS) is 11.2. The molecule has 112 valence electrons. The fourth-order valence-electron chi connectivity index (χ4n) is 1.88. The fourth-order valence-corrected chi connectivity index (χ4v) is 1.88. The highest BCUT2D eigenvalue weighted by atomic mass is 15.1. The number of anilines is 2. The van der Waals surface area contributed by atoms with Crippen molar-refractivity contribution in [1.82, 2.24) is 15.0 Å². The summed E-state index contributed by atoms with van der Waals surface area (Å²) >= 11 is 0. The Labute approximate surface area is 126 Å². The molecule has 21 heavy (non-hydrogen) atoms. The molecule has 2 N–H and O–H groups in total. The van der Waals surface area contributed by atoms with Gasteiger partial charge in [0.1, 0.15) is 17.5 Å². The molecule has 0 fully saturated rings. The average Bonchev–Trinajstić information content (AvgIpc) is 2.47. The van der Waals surface area contributed by atoms with Gasteiger partial charge in [-0.25, -0.2) is 9.97 Å². The van der Waals surface area contributed by atoms with E-state index < -0.39 is 0 Å². The van der Waals surface area contributed by atoms with E-state index in [9.17, 15) is 0 Å². The van der Waals surface area contributed by atoms with Crippen molar-refractivity contribution in [3.05, 3.63) is 42.0 Å². The third-order valence-electron chi connectivity index (χ3n) is 3.10. The molecule has 0 aliphatic rings. The zero-order valence-electron chi connectivity index (χ0n) is 13.1. The molecule has 0 radical (unpaired) electrons. The Morgan fingerprint density at radius 3 is 2.52 bits per heavy atom. The van der Waals surface area contributed by atoms with Gasteiger partial charge in [-0.1, -0.05) is 26.8 Å². The minimum Gasteiger partial charge on any atom is -0.373 e. The average molecular weight is 285 g/mol. The molecule has 0 saturated carbocycles. The highest BCUT2D eigenvalue weighted by Gasteiger charge is 2.18.